The summed E-state index contributed by atoms with van der Waals surface area (Å²) < 4.78 is 16.8. The Morgan fingerprint density at radius 3 is 0.887 bits per heavy atom. The van der Waals surface area contributed by atoms with Gasteiger partial charge in [-0.15, -0.1) is 0 Å². The zero-order valence-electron chi connectivity index (χ0n) is 46.5. The van der Waals surface area contributed by atoms with Gasteiger partial charge in [0.25, 0.3) is 0 Å². The van der Waals surface area contributed by atoms with Gasteiger partial charge in [-0.1, -0.05) is 253 Å². The standard InChI is InChI=1S/C65H110O6/c1-4-7-10-13-16-19-22-25-26-27-28-29-30-31-32-33-34-35-36-37-38-41-43-46-49-52-55-58-64(67)70-61-62(71-65(68)59-56-53-50-47-44-40-24-21-18-15-12-9-6-3)60-69-63(66)57-54-51-48-45-42-39-23-20-17-14-11-8-5-2/h7,10,16,19,21,24-26,28-29,31-32,34-35,37-38,62H,4-6,8-9,11-15,17-18,20,22-23,27,30,33,36,39-61H2,1-3H3/b10-7-,19-16-,24-21-,26-25-,29-28-,32-31-,35-34-,38-37-. The van der Waals surface area contributed by atoms with E-state index in [0.29, 0.717) is 19.3 Å². The summed E-state index contributed by atoms with van der Waals surface area (Å²) in [5.41, 5.74) is 0. The van der Waals surface area contributed by atoms with Crippen molar-refractivity contribution in [3.05, 3.63) is 97.2 Å². The van der Waals surface area contributed by atoms with E-state index in [4.69, 9.17) is 14.2 Å². The van der Waals surface area contributed by atoms with Crippen LogP contribution in [0.4, 0.5) is 0 Å². The lowest BCUT2D eigenvalue weighted by Crippen LogP contribution is -2.30. The fraction of sp³-hybridized carbons (Fsp3) is 0.708. The average molecular weight is 988 g/mol. The van der Waals surface area contributed by atoms with Crippen molar-refractivity contribution >= 4 is 17.9 Å². The number of hydrogen-bond acceptors (Lipinski definition) is 6. The van der Waals surface area contributed by atoms with Crippen LogP contribution in [-0.2, 0) is 28.6 Å². The number of esters is 3. The van der Waals surface area contributed by atoms with Gasteiger partial charge >= 0.3 is 17.9 Å². The molecule has 0 heterocycles. The first-order valence-electron chi connectivity index (χ1n) is 29.7. The maximum atomic E-state index is 12.8. The lowest BCUT2D eigenvalue weighted by molar-refractivity contribution is -0.167. The third kappa shape index (κ3) is 57.1. The second-order valence-corrected chi connectivity index (χ2v) is 19.5. The molecule has 71 heavy (non-hydrogen) atoms. The Kier molecular flexibility index (Phi) is 55.9. The fourth-order valence-electron chi connectivity index (χ4n) is 8.12. The zero-order valence-corrected chi connectivity index (χ0v) is 46.5. The van der Waals surface area contributed by atoms with Crippen molar-refractivity contribution in [1.82, 2.24) is 0 Å². The lowest BCUT2D eigenvalue weighted by Gasteiger charge is -2.18. The molecule has 0 radical (unpaired) electrons. The summed E-state index contributed by atoms with van der Waals surface area (Å²) in [6, 6.07) is 0. The molecule has 6 heteroatoms. The minimum absolute atomic E-state index is 0.0851. The zero-order chi connectivity index (χ0) is 51.4. The Morgan fingerprint density at radius 1 is 0.296 bits per heavy atom. The smallest absolute Gasteiger partial charge is 0.306 e. The molecule has 0 aliphatic heterocycles. The van der Waals surface area contributed by atoms with E-state index in [2.05, 4.69) is 118 Å². The number of ether oxygens (including phenoxy) is 3. The molecule has 0 amide bonds. The Balaban J connectivity index is 4.34. The molecular formula is C65H110O6. The molecule has 1 unspecified atom stereocenters. The third-order valence-corrected chi connectivity index (χ3v) is 12.6. The molecule has 0 aliphatic rings. The van der Waals surface area contributed by atoms with E-state index in [9.17, 15) is 14.4 Å². The summed E-state index contributed by atoms with van der Waals surface area (Å²) in [5, 5.41) is 0. The van der Waals surface area contributed by atoms with E-state index in [1.807, 2.05) is 0 Å². The van der Waals surface area contributed by atoms with Gasteiger partial charge in [0.1, 0.15) is 13.2 Å². The van der Waals surface area contributed by atoms with Gasteiger partial charge in [0, 0.05) is 19.3 Å². The predicted molar refractivity (Wildman–Crippen MR) is 307 cm³/mol. The molecule has 0 fully saturated rings. The van der Waals surface area contributed by atoms with Gasteiger partial charge in [0.2, 0.25) is 0 Å². The molecular weight excluding hydrogens is 877 g/mol. The summed E-state index contributed by atoms with van der Waals surface area (Å²) >= 11 is 0. The van der Waals surface area contributed by atoms with E-state index < -0.39 is 6.10 Å². The Bertz CT molecular complexity index is 1410. The van der Waals surface area contributed by atoms with Gasteiger partial charge in [-0.05, 0) is 103 Å². The van der Waals surface area contributed by atoms with Crippen LogP contribution in [0, 0.1) is 0 Å². The number of carbonyl (C=O) groups is 3. The van der Waals surface area contributed by atoms with Gasteiger partial charge in [-0.3, -0.25) is 14.4 Å². The summed E-state index contributed by atoms with van der Waals surface area (Å²) in [6.45, 7) is 6.50. The minimum Gasteiger partial charge on any atom is -0.462 e. The number of hydrogen-bond donors (Lipinski definition) is 0. The maximum Gasteiger partial charge on any atom is 0.306 e. The number of unbranched alkanes of at least 4 members (excludes halogenated alkanes) is 26. The fourth-order valence-corrected chi connectivity index (χ4v) is 8.12. The van der Waals surface area contributed by atoms with Crippen molar-refractivity contribution < 1.29 is 28.6 Å². The molecule has 0 aromatic heterocycles. The van der Waals surface area contributed by atoms with Gasteiger partial charge in [-0.25, -0.2) is 0 Å². The summed E-state index contributed by atoms with van der Waals surface area (Å²) in [5.74, 6) is -0.909. The van der Waals surface area contributed by atoms with Crippen LogP contribution in [0.25, 0.3) is 0 Å². The molecule has 0 spiro atoms. The number of allylic oxidation sites excluding steroid dienone is 16. The topological polar surface area (TPSA) is 78.9 Å². The molecule has 0 saturated carbocycles. The second-order valence-electron chi connectivity index (χ2n) is 19.5. The highest BCUT2D eigenvalue weighted by molar-refractivity contribution is 5.71. The largest absolute Gasteiger partial charge is 0.462 e. The van der Waals surface area contributed by atoms with Crippen LogP contribution in [0.2, 0.25) is 0 Å². The van der Waals surface area contributed by atoms with E-state index >= 15 is 0 Å². The summed E-state index contributed by atoms with van der Waals surface area (Å²) in [7, 11) is 0. The van der Waals surface area contributed by atoms with Crippen LogP contribution in [0.15, 0.2) is 97.2 Å². The van der Waals surface area contributed by atoms with E-state index in [-0.39, 0.29) is 31.1 Å². The molecule has 0 N–H and O–H groups in total. The SMILES string of the molecule is CC/C=C\C/C=C\C/C=C\C/C=C\C/C=C\C/C=C\C/C=C\CCCCCCCC(=O)OCC(COC(=O)CCCCCCCCCCCCCCC)OC(=O)CCCCCCC/C=C\CCCCCC. The molecule has 1 atom stereocenters. The monoisotopic (exact) mass is 987 g/mol. The number of carbonyl (C=O) groups excluding carboxylic acids is 3. The van der Waals surface area contributed by atoms with Crippen LogP contribution < -0.4 is 0 Å². The van der Waals surface area contributed by atoms with E-state index in [0.717, 1.165) is 135 Å². The highest BCUT2D eigenvalue weighted by Crippen LogP contribution is 2.15. The quantitative estimate of drug-likeness (QED) is 0.0261. The van der Waals surface area contributed by atoms with Crippen molar-refractivity contribution in [2.75, 3.05) is 13.2 Å². The van der Waals surface area contributed by atoms with Gasteiger partial charge in [-0.2, -0.15) is 0 Å². The second kappa shape index (κ2) is 58.9. The molecule has 0 saturated heterocycles. The number of rotatable bonds is 53. The molecule has 406 valence electrons. The highest BCUT2D eigenvalue weighted by Gasteiger charge is 2.19. The van der Waals surface area contributed by atoms with Gasteiger partial charge in [0.15, 0.2) is 6.10 Å². The lowest BCUT2D eigenvalue weighted by atomic mass is 10.0. The first kappa shape index (κ1) is 67.3. The molecule has 0 aromatic rings. The Hall–Kier alpha value is -3.67. The van der Waals surface area contributed by atoms with E-state index in [1.165, 1.54) is 103 Å². The van der Waals surface area contributed by atoms with Crippen molar-refractivity contribution in [2.45, 2.75) is 284 Å². The van der Waals surface area contributed by atoms with Crippen LogP contribution in [0.1, 0.15) is 278 Å². The van der Waals surface area contributed by atoms with E-state index in [1.54, 1.807) is 0 Å². The van der Waals surface area contributed by atoms with Crippen LogP contribution in [0.3, 0.4) is 0 Å². The van der Waals surface area contributed by atoms with Crippen molar-refractivity contribution in [2.24, 2.45) is 0 Å². The van der Waals surface area contributed by atoms with Crippen molar-refractivity contribution in [3.8, 4) is 0 Å². The molecule has 0 aromatic carbocycles. The minimum atomic E-state index is -0.789. The Labute approximate surface area is 438 Å². The molecule has 0 rings (SSSR count). The predicted octanol–water partition coefficient (Wildman–Crippen LogP) is 20.1. The third-order valence-electron chi connectivity index (χ3n) is 12.6. The van der Waals surface area contributed by atoms with Crippen LogP contribution in [-0.4, -0.2) is 37.2 Å². The molecule has 0 aliphatic carbocycles. The normalized spacial score (nSPS) is 12.8. The summed E-state index contributed by atoms with van der Waals surface area (Å²) in [4.78, 5) is 38.1. The molecule has 6 nitrogen and oxygen atoms in total. The first-order valence-corrected chi connectivity index (χ1v) is 29.7. The van der Waals surface area contributed by atoms with Crippen LogP contribution in [0.5, 0.6) is 0 Å². The van der Waals surface area contributed by atoms with Crippen molar-refractivity contribution in [1.29, 1.82) is 0 Å². The Morgan fingerprint density at radius 2 is 0.549 bits per heavy atom. The highest BCUT2D eigenvalue weighted by atomic mass is 16.6. The summed E-state index contributed by atoms with van der Waals surface area (Å²) in [6.07, 6.45) is 78.3. The molecule has 0 bridgehead atoms. The van der Waals surface area contributed by atoms with Crippen molar-refractivity contribution in [3.63, 3.8) is 0 Å². The first-order chi connectivity index (χ1) is 35.0. The van der Waals surface area contributed by atoms with Gasteiger partial charge in [0.05, 0.1) is 0 Å². The maximum absolute atomic E-state index is 12.8. The average Bonchev–Trinajstić information content (AvgIpc) is 3.37. The van der Waals surface area contributed by atoms with Gasteiger partial charge < -0.3 is 14.2 Å². The van der Waals surface area contributed by atoms with Crippen LogP contribution >= 0.6 is 0 Å².